The van der Waals surface area contributed by atoms with Crippen molar-refractivity contribution in [3.8, 4) is 0 Å². The third-order valence-electron chi connectivity index (χ3n) is 3.56. The monoisotopic (exact) mass is 355 g/mol. The van der Waals surface area contributed by atoms with Gasteiger partial charge in [0.2, 0.25) is 5.78 Å². The minimum atomic E-state index is -3.82. The number of amides is 1. The fourth-order valence-electron chi connectivity index (χ4n) is 2.44. The van der Waals surface area contributed by atoms with Crippen LogP contribution in [0.25, 0.3) is 0 Å². The normalized spacial score (nSPS) is 12.7. The fraction of sp³-hybridized carbons (Fsp3) is 0.529. The number of hydrogen-bond donors (Lipinski definition) is 0. The van der Waals surface area contributed by atoms with Gasteiger partial charge in [-0.1, -0.05) is 30.3 Å². The number of nitrogens with zero attached hydrogens (tertiary/aromatic N) is 1. The molecule has 1 aromatic carbocycles. The summed E-state index contributed by atoms with van der Waals surface area (Å²) in [4.78, 5) is 26.8. The summed E-state index contributed by atoms with van der Waals surface area (Å²) in [6.45, 7) is 7.95. The molecule has 0 bridgehead atoms. The number of hydrogen-bond acceptors (Lipinski definition) is 5. The van der Waals surface area contributed by atoms with Crippen molar-refractivity contribution in [3.05, 3.63) is 35.9 Å². The van der Waals surface area contributed by atoms with Crippen molar-refractivity contribution in [1.29, 1.82) is 0 Å². The maximum Gasteiger partial charge on any atom is 0.346 e. The smallest absolute Gasteiger partial charge is 0.337 e. The highest BCUT2D eigenvalue weighted by Crippen LogP contribution is 2.61. The Morgan fingerprint density at radius 2 is 1.50 bits per heavy atom. The lowest BCUT2D eigenvalue weighted by Crippen LogP contribution is -2.39. The molecule has 1 rings (SSSR count). The molecule has 0 aromatic heterocycles. The average molecular weight is 355 g/mol. The number of benzene rings is 1. The second kappa shape index (κ2) is 9.72. The first-order chi connectivity index (χ1) is 11.4. The summed E-state index contributed by atoms with van der Waals surface area (Å²) in [5, 5.41) is 0. The predicted octanol–water partition coefficient (Wildman–Crippen LogP) is 3.43. The Morgan fingerprint density at radius 1 is 1.00 bits per heavy atom. The van der Waals surface area contributed by atoms with Crippen LogP contribution in [0.1, 0.15) is 38.9 Å². The lowest BCUT2D eigenvalue weighted by Gasteiger charge is -2.27. The number of rotatable bonds is 10. The van der Waals surface area contributed by atoms with Crippen LogP contribution in [0.4, 0.5) is 0 Å². The zero-order valence-electron chi connectivity index (χ0n) is 14.7. The number of likely N-dealkylation sites (N-methyl/N-ethyl adjacent to an activating group) is 1. The highest BCUT2D eigenvalue weighted by molar-refractivity contribution is 7.55. The molecule has 1 unspecified atom stereocenters. The molecule has 24 heavy (non-hydrogen) atoms. The quantitative estimate of drug-likeness (QED) is 0.475. The van der Waals surface area contributed by atoms with Gasteiger partial charge in [-0.25, -0.2) is 0 Å². The van der Waals surface area contributed by atoms with Crippen LogP contribution in [-0.2, 0) is 23.2 Å². The first kappa shape index (κ1) is 20.6. The SMILES string of the molecule is CCOP(=O)(OCC)C(C(=O)C(=O)N(CC)CC)c1ccccc1. The Balaban J connectivity index is 3.36. The average Bonchev–Trinajstić information content (AvgIpc) is 2.57. The molecule has 1 amide bonds. The van der Waals surface area contributed by atoms with Gasteiger partial charge >= 0.3 is 7.60 Å². The van der Waals surface area contributed by atoms with Gasteiger partial charge in [0, 0.05) is 13.1 Å². The summed E-state index contributed by atoms with van der Waals surface area (Å²) in [6.07, 6.45) is 0. The minimum Gasteiger partial charge on any atom is -0.337 e. The van der Waals surface area contributed by atoms with Gasteiger partial charge in [-0.3, -0.25) is 14.2 Å². The summed E-state index contributed by atoms with van der Waals surface area (Å²) in [7, 11) is -3.82. The van der Waals surface area contributed by atoms with Crippen LogP contribution in [0.5, 0.6) is 0 Å². The molecular weight excluding hydrogens is 329 g/mol. The van der Waals surface area contributed by atoms with Crippen molar-refractivity contribution < 1.29 is 23.2 Å². The molecule has 0 aliphatic rings. The Labute approximate surface area is 143 Å². The third-order valence-corrected chi connectivity index (χ3v) is 5.96. The molecule has 134 valence electrons. The Morgan fingerprint density at radius 3 is 1.92 bits per heavy atom. The molecule has 0 saturated carbocycles. The van der Waals surface area contributed by atoms with E-state index in [4.69, 9.17) is 9.05 Å². The highest BCUT2D eigenvalue weighted by Gasteiger charge is 2.45. The van der Waals surface area contributed by atoms with Gasteiger partial charge in [0.1, 0.15) is 0 Å². The van der Waals surface area contributed by atoms with Crippen molar-refractivity contribution in [1.82, 2.24) is 4.90 Å². The van der Waals surface area contributed by atoms with E-state index in [0.29, 0.717) is 18.7 Å². The fourth-order valence-corrected chi connectivity index (χ4v) is 4.47. The third kappa shape index (κ3) is 4.76. The Bertz CT molecular complexity index is 576. The summed E-state index contributed by atoms with van der Waals surface area (Å²) in [5.41, 5.74) is -0.806. The molecule has 0 saturated heterocycles. The van der Waals surface area contributed by atoms with Crippen LogP contribution in [0.2, 0.25) is 0 Å². The first-order valence-corrected chi connectivity index (χ1v) is 9.83. The molecule has 7 heteroatoms. The van der Waals surface area contributed by atoms with Gasteiger partial charge < -0.3 is 13.9 Å². The van der Waals surface area contributed by atoms with Gasteiger partial charge in [0.15, 0.2) is 5.66 Å². The molecule has 0 spiro atoms. The van der Waals surface area contributed by atoms with E-state index in [9.17, 15) is 14.2 Å². The molecule has 0 heterocycles. The van der Waals surface area contributed by atoms with E-state index in [1.54, 1.807) is 58.0 Å². The van der Waals surface area contributed by atoms with E-state index >= 15 is 0 Å². The molecule has 6 nitrogen and oxygen atoms in total. The summed E-state index contributed by atoms with van der Waals surface area (Å²) >= 11 is 0. The number of carbonyl (C=O) groups excluding carboxylic acids is 2. The van der Waals surface area contributed by atoms with Crippen LogP contribution in [-0.4, -0.2) is 42.9 Å². The van der Waals surface area contributed by atoms with E-state index in [0.717, 1.165) is 0 Å². The van der Waals surface area contributed by atoms with Crippen molar-refractivity contribution in [2.45, 2.75) is 33.4 Å². The van der Waals surface area contributed by atoms with Gasteiger partial charge in [0.25, 0.3) is 5.91 Å². The summed E-state index contributed by atoms with van der Waals surface area (Å²) in [5.74, 6) is -1.44. The largest absolute Gasteiger partial charge is 0.346 e. The van der Waals surface area contributed by atoms with Gasteiger partial charge in [-0.05, 0) is 33.3 Å². The molecule has 0 radical (unpaired) electrons. The molecule has 0 aliphatic heterocycles. The van der Waals surface area contributed by atoms with Crippen molar-refractivity contribution >= 4 is 19.3 Å². The van der Waals surface area contributed by atoms with Crippen molar-refractivity contribution in [3.63, 3.8) is 0 Å². The van der Waals surface area contributed by atoms with E-state index in [1.807, 2.05) is 0 Å². The molecule has 1 atom stereocenters. The second-order valence-electron chi connectivity index (χ2n) is 5.03. The number of carbonyl (C=O) groups is 2. The zero-order valence-corrected chi connectivity index (χ0v) is 15.6. The van der Waals surface area contributed by atoms with Crippen molar-refractivity contribution in [2.24, 2.45) is 0 Å². The molecule has 0 N–H and O–H groups in total. The van der Waals surface area contributed by atoms with E-state index in [-0.39, 0.29) is 13.2 Å². The topological polar surface area (TPSA) is 72.9 Å². The van der Waals surface area contributed by atoms with E-state index < -0.39 is 24.9 Å². The summed E-state index contributed by atoms with van der Waals surface area (Å²) in [6, 6.07) is 8.54. The number of Topliss-reactive ketones (excluding diaryl/α,β-unsaturated/α-hetero) is 1. The molecule has 1 aromatic rings. The van der Waals surface area contributed by atoms with Crippen molar-refractivity contribution in [2.75, 3.05) is 26.3 Å². The lowest BCUT2D eigenvalue weighted by molar-refractivity contribution is -0.144. The van der Waals surface area contributed by atoms with E-state index in [2.05, 4.69) is 0 Å². The number of ketones is 1. The van der Waals surface area contributed by atoms with Crippen LogP contribution in [0.3, 0.4) is 0 Å². The zero-order chi connectivity index (χ0) is 18.2. The van der Waals surface area contributed by atoms with Gasteiger partial charge in [-0.15, -0.1) is 0 Å². The van der Waals surface area contributed by atoms with Crippen LogP contribution in [0, 0.1) is 0 Å². The van der Waals surface area contributed by atoms with Crippen LogP contribution < -0.4 is 0 Å². The van der Waals surface area contributed by atoms with Crippen LogP contribution >= 0.6 is 7.60 Å². The second-order valence-corrected chi connectivity index (χ2v) is 7.14. The van der Waals surface area contributed by atoms with Crippen LogP contribution in [0.15, 0.2) is 30.3 Å². The first-order valence-electron chi connectivity index (χ1n) is 8.21. The van der Waals surface area contributed by atoms with Gasteiger partial charge in [0.05, 0.1) is 13.2 Å². The van der Waals surface area contributed by atoms with E-state index in [1.165, 1.54) is 4.90 Å². The Hall–Kier alpha value is -1.49. The molecular formula is C17H26NO5P. The maximum atomic E-state index is 13.2. The maximum absolute atomic E-state index is 13.2. The standard InChI is InChI=1S/C17H26NO5P/c1-5-18(6-2)17(20)15(19)16(14-12-10-9-11-13-14)24(21,22-7-3)23-8-4/h9-13,16H,5-8H2,1-4H3. The molecule has 0 fully saturated rings. The lowest BCUT2D eigenvalue weighted by atomic mass is 10.1. The highest BCUT2D eigenvalue weighted by atomic mass is 31.2. The minimum absolute atomic E-state index is 0.118. The summed E-state index contributed by atoms with van der Waals surface area (Å²) < 4.78 is 23.9. The predicted molar refractivity (Wildman–Crippen MR) is 93.0 cm³/mol. The Kier molecular flexibility index (Phi) is 8.32. The van der Waals surface area contributed by atoms with Gasteiger partial charge in [-0.2, -0.15) is 0 Å². The molecule has 0 aliphatic carbocycles.